The first kappa shape index (κ1) is 15.2. The van der Waals surface area contributed by atoms with Crippen LogP contribution in [0.4, 0.5) is 4.39 Å². The normalized spacial score (nSPS) is 15.0. The molecule has 1 unspecified atom stereocenters. The van der Waals surface area contributed by atoms with Crippen molar-refractivity contribution in [3.05, 3.63) is 35.6 Å². The van der Waals surface area contributed by atoms with Gasteiger partial charge in [0.2, 0.25) is 0 Å². The van der Waals surface area contributed by atoms with Crippen LogP contribution in [0.3, 0.4) is 0 Å². The summed E-state index contributed by atoms with van der Waals surface area (Å²) in [6.45, 7) is 9.40. The highest BCUT2D eigenvalue weighted by atomic mass is 32.2. The van der Waals surface area contributed by atoms with Crippen LogP contribution >= 0.6 is 0 Å². The summed E-state index contributed by atoms with van der Waals surface area (Å²) in [5, 5.41) is 0. The van der Waals surface area contributed by atoms with E-state index in [1.165, 1.54) is 6.07 Å². The van der Waals surface area contributed by atoms with Crippen LogP contribution in [0.5, 0.6) is 0 Å². The van der Waals surface area contributed by atoms with Crippen LogP contribution in [0, 0.1) is 11.7 Å². The maximum absolute atomic E-state index is 13.8. The summed E-state index contributed by atoms with van der Waals surface area (Å²) < 4.78 is 29.6. The molecule has 0 aliphatic carbocycles. The molecule has 0 aliphatic rings. The number of hydrogen-bond acceptors (Lipinski definition) is 2. The molecule has 0 heterocycles. The van der Waals surface area contributed by atoms with Gasteiger partial charge in [0, 0.05) is 11.5 Å². The SMILES string of the molecule is CC(C)/C(=N/[S+]([O-])C(C)(C)C)c1ccccc1F. The largest absolute Gasteiger partial charge is 0.591 e. The fourth-order valence-corrected chi connectivity index (χ4v) is 2.12. The van der Waals surface area contributed by atoms with Gasteiger partial charge in [0.1, 0.15) is 27.6 Å². The predicted molar refractivity (Wildman–Crippen MR) is 75.7 cm³/mol. The zero-order valence-electron chi connectivity index (χ0n) is 11.5. The van der Waals surface area contributed by atoms with Gasteiger partial charge in [-0.1, -0.05) is 36.4 Å². The maximum atomic E-state index is 13.8. The first-order valence-electron chi connectivity index (χ1n) is 5.99. The first-order valence-corrected chi connectivity index (χ1v) is 7.09. The van der Waals surface area contributed by atoms with E-state index in [2.05, 4.69) is 4.40 Å². The number of rotatable bonds is 3. The van der Waals surface area contributed by atoms with E-state index in [9.17, 15) is 8.94 Å². The Morgan fingerprint density at radius 1 is 1.28 bits per heavy atom. The van der Waals surface area contributed by atoms with Gasteiger partial charge in [0.15, 0.2) is 0 Å². The quantitative estimate of drug-likeness (QED) is 0.608. The number of halogens is 1. The third-order valence-corrected chi connectivity index (χ3v) is 3.81. The zero-order valence-corrected chi connectivity index (χ0v) is 12.3. The molecule has 0 fully saturated rings. The number of benzene rings is 1. The van der Waals surface area contributed by atoms with Crippen molar-refractivity contribution in [2.75, 3.05) is 0 Å². The Kier molecular flexibility index (Phi) is 4.93. The highest BCUT2D eigenvalue weighted by molar-refractivity contribution is 7.91. The van der Waals surface area contributed by atoms with Crippen molar-refractivity contribution in [2.45, 2.75) is 39.4 Å². The summed E-state index contributed by atoms with van der Waals surface area (Å²) in [6.07, 6.45) is 0. The molecule has 0 aromatic heterocycles. The van der Waals surface area contributed by atoms with E-state index in [4.69, 9.17) is 0 Å². The van der Waals surface area contributed by atoms with Crippen molar-refractivity contribution in [3.8, 4) is 0 Å². The van der Waals surface area contributed by atoms with E-state index in [0.29, 0.717) is 11.3 Å². The standard InChI is InChI=1S/C14H20FNOS/c1-10(2)13(16-18(17)14(3,4)5)11-8-6-7-9-12(11)15/h6-10H,1-5H3/b16-13-. The van der Waals surface area contributed by atoms with Gasteiger partial charge in [-0.15, -0.1) is 0 Å². The Bertz CT molecular complexity index is 438. The summed E-state index contributed by atoms with van der Waals surface area (Å²) >= 11 is -1.38. The van der Waals surface area contributed by atoms with Gasteiger partial charge >= 0.3 is 0 Å². The average Bonchev–Trinajstić information content (AvgIpc) is 2.25. The number of nitrogens with zero attached hydrogens (tertiary/aromatic N) is 1. The molecule has 0 amide bonds. The lowest BCUT2D eigenvalue weighted by Crippen LogP contribution is -2.28. The van der Waals surface area contributed by atoms with Gasteiger partial charge < -0.3 is 4.55 Å². The van der Waals surface area contributed by atoms with E-state index in [0.717, 1.165) is 0 Å². The lowest BCUT2D eigenvalue weighted by molar-refractivity contribution is 0.561. The Morgan fingerprint density at radius 2 is 1.83 bits per heavy atom. The minimum Gasteiger partial charge on any atom is -0.591 e. The lowest BCUT2D eigenvalue weighted by atomic mass is 10.00. The molecule has 100 valence electrons. The molecule has 0 saturated heterocycles. The Balaban J connectivity index is 3.20. The van der Waals surface area contributed by atoms with Crippen molar-refractivity contribution >= 4 is 17.1 Å². The molecule has 0 spiro atoms. The van der Waals surface area contributed by atoms with Gasteiger partial charge in [-0.25, -0.2) is 4.39 Å². The van der Waals surface area contributed by atoms with E-state index < -0.39 is 16.1 Å². The van der Waals surface area contributed by atoms with Crippen LogP contribution < -0.4 is 0 Å². The van der Waals surface area contributed by atoms with Gasteiger partial charge in [-0.3, -0.25) is 0 Å². The Labute approximate surface area is 112 Å². The molecule has 4 heteroatoms. The second kappa shape index (κ2) is 5.85. The smallest absolute Gasteiger partial charge is 0.144 e. The van der Waals surface area contributed by atoms with Crippen LogP contribution in [0.1, 0.15) is 40.2 Å². The Hall–Kier alpha value is -0.870. The van der Waals surface area contributed by atoms with E-state index >= 15 is 0 Å². The van der Waals surface area contributed by atoms with E-state index in [1.807, 2.05) is 34.6 Å². The maximum Gasteiger partial charge on any atom is 0.144 e. The van der Waals surface area contributed by atoms with E-state index in [1.54, 1.807) is 18.2 Å². The molecule has 18 heavy (non-hydrogen) atoms. The fourth-order valence-electron chi connectivity index (χ4n) is 1.36. The van der Waals surface area contributed by atoms with Crippen LogP contribution in [0.25, 0.3) is 0 Å². The molecule has 1 atom stereocenters. The predicted octanol–water partition coefficient (Wildman–Crippen LogP) is 3.73. The average molecular weight is 269 g/mol. The highest BCUT2D eigenvalue weighted by Gasteiger charge is 2.28. The molecular weight excluding hydrogens is 249 g/mol. The minimum atomic E-state index is -1.38. The second-order valence-corrected chi connectivity index (χ2v) is 7.38. The molecular formula is C14H20FNOS. The fraction of sp³-hybridized carbons (Fsp3) is 0.500. The summed E-state index contributed by atoms with van der Waals surface area (Å²) in [4.78, 5) is 0. The molecule has 0 bridgehead atoms. The van der Waals surface area contributed by atoms with Crippen LogP contribution in [-0.2, 0) is 11.4 Å². The highest BCUT2D eigenvalue weighted by Crippen LogP contribution is 2.21. The van der Waals surface area contributed by atoms with Crippen LogP contribution in [0.15, 0.2) is 28.7 Å². The molecule has 1 aromatic rings. The summed E-state index contributed by atoms with van der Waals surface area (Å²) in [5.74, 6) is -0.302. The van der Waals surface area contributed by atoms with Gasteiger partial charge in [0.05, 0.1) is 0 Å². The summed E-state index contributed by atoms with van der Waals surface area (Å²) in [5.41, 5.74) is 0.992. The molecule has 0 aliphatic heterocycles. The topological polar surface area (TPSA) is 35.4 Å². The molecule has 0 radical (unpaired) electrons. The second-order valence-electron chi connectivity index (χ2n) is 5.47. The van der Waals surface area contributed by atoms with Crippen molar-refractivity contribution < 1.29 is 8.94 Å². The van der Waals surface area contributed by atoms with Gasteiger partial charge in [-0.05, 0) is 26.8 Å². The molecule has 0 N–H and O–H groups in total. The number of hydrogen-bond donors (Lipinski definition) is 0. The monoisotopic (exact) mass is 269 g/mol. The van der Waals surface area contributed by atoms with Gasteiger partial charge in [-0.2, -0.15) is 0 Å². The van der Waals surface area contributed by atoms with Crippen molar-refractivity contribution in [1.82, 2.24) is 0 Å². The molecule has 0 saturated carbocycles. The Morgan fingerprint density at radius 3 is 2.28 bits per heavy atom. The summed E-state index contributed by atoms with van der Waals surface area (Å²) in [6, 6.07) is 6.47. The van der Waals surface area contributed by atoms with E-state index in [-0.39, 0.29) is 11.7 Å². The van der Waals surface area contributed by atoms with Crippen molar-refractivity contribution in [3.63, 3.8) is 0 Å². The first-order chi connectivity index (χ1) is 8.23. The third-order valence-electron chi connectivity index (χ3n) is 2.40. The minimum absolute atomic E-state index is 0.0215. The molecule has 1 rings (SSSR count). The summed E-state index contributed by atoms with van der Waals surface area (Å²) in [7, 11) is 0. The third kappa shape index (κ3) is 3.82. The lowest BCUT2D eigenvalue weighted by Gasteiger charge is -2.20. The van der Waals surface area contributed by atoms with Crippen molar-refractivity contribution in [2.24, 2.45) is 10.3 Å². The zero-order chi connectivity index (χ0) is 13.9. The van der Waals surface area contributed by atoms with Crippen LogP contribution in [-0.4, -0.2) is 15.0 Å². The van der Waals surface area contributed by atoms with Gasteiger partial charge in [0.25, 0.3) is 0 Å². The van der Waals surface area contributed by atoms with Crippen molar-refractivity contribution in [1.29, 1.82) is 0 Å². The molecule has 2 nitrogen and oxygen atoms in total. The molecule has 1 aromatic carbocycles. The van der Waals surface area contributed by atoms with Crippen LogP contribution in [0.2, 0.25) is 0 Å².